The molecule has 2 aromatic carbocycles. The second kappa shape index (κ2) is 7.72. The van der Waals surface area contributed by atoms with Gasteiger partial charge in [0.15, 0.2) is 0 Å². The van der Waals surface area contributed by atoms with Crippen molar-refractivity contribution in [2.24, 2.45) is 0 Å². The number of carbonyl (C=O) groups excluding carboxylic acids is 1. The molecule has 2 rings (SSSR count). The summed E-state index contributed by atoms with van der Waals surface area (Å²) in [7, 11) is 0. The number of nitriles is 1. The average Bonchev–Trinajstić information content (AvgIpc) is 2.52. The van der Waals surface area contributed by atoms with Crippen molar-refractivity contribution in [3.8, 4) is 6.07 Å². The van der Waals surface area contributed by atoms with Crippen molar-refractivity contribution in [3.05, 3.63) is 64.7 Å². The minimum Gasteiger partial charge on any atom is -0.351 e. The van der Waals surface area contributed by atoms with Crippen LogP contribution < -0.4 is 5.32 Å². The van der Waals surface area contributed by atoms with E-state index >= 15 is 0 Å². The van der Waals surface area contributed by atoms with Gasteiger partial charge in [-0.3, -0.25) is 4.79 Å². The molecule has 0 saturated carbocycles. The minimum absolute atomic E-state index is 0.0516. The van der Waals surface area contributed by atoms with Gasteiger partial charge in [0.2, 0.25) is 5.91 Å². The van der Waals surface area contributed by atoms with Crippen LogP contribution in [0.3, 0.4) is 0 Å². The molecule has 0 unspecified atom stereocenters. The predicted molar refractivity (Wildman–Crippen MR) is 85.2 cm³/mol. The quantitative estimate of drug-likeness (QED) is 0.857. The molecule has 0 fully saturated rings. The molecule has 0 aromatic heterocycles. The molecule has 106 valence electrons. The first-order chi connectivity index (χ1) is 10.2. The van der Waals surface area contributed by atoms with Crippen molar-refractivity contribution >= 4 is 29.3 Å². The number of carbonyl (C=O) groups is 1. The van der Waals surface area contributed by atoms with Crippen LogP contribution in [-0.4, -0.2) is 11.7 Å². The van der Waals surface area contributed by atoms with Gasteiger partial charge in [-0.1, -0.05) is 35.9 Å². The molecular formula is C16H13ClN2OS. The highest BCUT2D eigenvalue weighted by atomic mass is 35.5. The summed E-state index contributed by atoms with van der Waals surface area (Å²) in [6.45, 7) is 0.452. The number of nitrogens with zero attached hydrogens (tertiary/aromatic N) is 1. The summed E-state index contributed by atoms with van der Waals surface area (Å²) < 4.78 is 0. The lowest BCUT2D eigenvalue weighted by molar-refractivity contribution is -0.118. The molecule has 0 atom stereocenters. The van der Waals surface area contributed by atoms with Crippen LogP contribution in [0, 0.1) is 11.3 Å². The van der Waals surface area contributed by atoms with E-state index in [1.807, 2.05) is 30.3 Å². The van der Waals surface area contributed by atoms with Crippen molar-refractivity contribution in [1.29, 1.82) is 5.26 Å². The summed E-state index contributed by atoms with van der Waals surface area (Å²) in [6, 6.07) is 16.6. The smallest absolute Gasteiger partial charge is 0.230 e. The summed E-state index contributed by atoms with van der Waals surface area (Å²) >= 11 is 7.44. The molecule has 21 heavy (non-hydrogen) atoms. The third-order valence-electron chi connectivity index (χ3n) is 2.77. The highest BCUT2D eigenvalue weighted by Gasteiger charge is 2.05. The van der Waals surface area contributed by atoms with Gasteiger partial charge in [-0.05, 0) is 29.8 Å². The molecule has 3 nitrogen and oxygen atoms in total. The normalized spacial score (nSPS) is 9.90. The molecule has 2 aromatic rings. The van der Waals surface area contributed by atoms with Crippen molar-refractivity contribution in [1.82, 2.24) is 5.32 Å². The van der Waals surface area contributed by atoms with Crippen LogP contribution in [0.2, 0.25) is 5.02 Å². The molecule has 0 aliphatic heterocycles. The van der Waals surface area contributed by atoms with E-state index in [4.69, 9.17) is 16.9 Å². The maximum atomic E-state index is 11.8. The Kier molecular flexibility index (Phi) is 5.68. The fourth-order valence-corrected chi connectivity index (χ4v) is 2.72. The maximum absolute atomic E-state index is 11.8. The zero-order valence-electron chi connectivity index (χ0n) is 11.2. The van der Waals surface area contributed by atoms with Crippen molar-refractivity contribution in [3.63, 3.8) is 0 Å². The highest BCUT2D eigenvalue weighted by molar-refractivity contribution is 8.00. The number of nitrogens with one attached hydrogen (secondary N) is 1. The lowest BCUT2D eigenvalue weighted by Crippen LogP contribution is -2.24. The van der Waals surface area contributed by atoms with E-state index in [2.05, 4.69) is 11.4 Å². The van der Waals surface area contributed by atoms with Gasteiger partial charge >= 0.3 is 0 Å². The van der Waals surface area contributed by atoms with Gasteiger partial charge in [0.05, 0.1) is 22.4 Å². The Morgan fingerprint density at radius 1 is 1.19 bits per heavy atom. The standard InChI is InChI=1S/C16H13ClN2OS/c17-14-3-1-2-4-15(14)21-11-16(20)19-10-13-7-5-12(9-18)6-8-13/h1-8H,10-11H2,(H,19,20). The van der Waals surface area contributed by atoms with E-state index in [9.17, 15) is 4.79 Å². The van der Waals surface area contributed by atoms with E-state index in [0.29, 0.717) is 22.9 Å². The Morgan fingerprint density at radius 2 is 1.90 bits per heavy atom. The summed E-state index contributed by atoms with van der Waals surface area (Å²) in [6.07, 6.45) is 0. The number of thioether (sulfide) groups is 1. The predicted octanol–water partition coefficient (Wildman–Crippen LogP) is 3.62. The van der Waals surface area contributed by atoms with Gasteiger partial charge in [0.25, 0.3) is 0 Å². The van der Waals surface area contributed by atoms with Crippen LogP contribution >= 0.6 is 23.4 Å². The monoisotopic (exact) mass is 316 g/mol. The largest absolute Gasteiger partial charge is 0.351 e. The van der Waals surface area contributed by atoms with Crippen LogP contribution in [-0.2, 0) is 11.3 Å². The Bertz CT molecular complexity index is 665. The molecule has 0 radical (unpaired) electrons. The lowest BCUT2D eigenvalue weighted by atomic mass is 10.1. The number of hydrogen-bond acceptors (Lipinski definition) is 3. The Morgan fingerprint density at radius 3 is 2.57 bits per heavy atom. The molecule has 0 heterocycles. The number of rotatable bonds is 5. The maximum Gasteiger partial charge on any atom is 0.230 e. The van der Waals surface area contributed by atoms with Crippen molar-refractivity contribution in [2.45, 2.75) is 11.4 Å². The van der Waals surface area contributed by atoms with Gasteiger partial charge in [0, 0.05) is 11.4 Å². The van der Waals surface area contributed by atoms with E-state index in [-0.39, 0.29) is 5.91 Å². The number of amides is 1. The summed E-state index contributed by atoms with van der Waals surface area (Å²) in [5.41, 5.74) is 1.57. The van der Waals surface area contributed by atoms with Crippen LogP contribution in [0.15, 0.2) is 53.4 Å². The SMILES string of the molecule is N#Cc1ccc(CNC(=O)CSc2ccccc2Cl)cc1. The molecule has 5 heteroatoms. The molecule has 1 N–H and O–H groups in total. The van der Waals surface area contributed by atoms with Crippen molar-refractivity contribution in [2.75, 3.05) is 5.75 Å². The fraction of sp³-hybridized carbons (Fsp3) is 0.125. The molecule has 0 aliphatic carbocycles. The lowest BCUT2D eigenvalue weighted by Gasteiger charge is -2.06. The molecule has 1 amide bonds. The van der Waals surface area contributed by atoms with Gasteiger partial charge in [-0.15, -0.1) is 11.8 Å². The number of halogens is 1. The first-order valence-electron chi connectivity index (χ1n) is 6.32. The molecular weight excluding hydrogens is 304 g/mol. The first-order valence-corrected chi connectivity index (χ1v) is 7.68. The first kappa shape index (κ1) is 15.4. The second-order valence-corrected chi connectivity index (χ2v) is 5.73. The Labute approximate surface area is 132 Å². The van der Waals surface area contributed by atoms with Crippen molar-refractivity contribution < 1.29 is 4.79 Å². The van der Waals surface area contributed by atoms with Crippen LogP contribution in [0.1, 0.15) is 11.1 Å². The molecule has 0 aliphatic rings. The Hall–Kier alpha value is -1.96. The van der Waals surface area contributed by atoms with Gasteiger partial charge in [0.1, 0.15) is 0 Å². The number of hydrogen-bond donors (Lipinski definition) is 1. The highest BCUT2D eigenvalue weighted by Crippen LogP contribution is 2.26. The zero-order valence-corrected chi connectivity index (χ0v) is 12.7. The van der Waals surface area contributed by atoms with Crippen LogP contribution in [0.5, 0.6) is 0 Å². The number of benzene rings is 2. The second-order valence-electron chi connectivity index (χ2n) is 4.30. The molecule has 0 spiro atoms. The fourth-order valence-electron chi connectivity index (χ4n) is 1.65. The van der Waals surface area contributed by atoms with Gasteiger partial charge in [-0.25, -0.2) is 0 Å². The van der Waals surface area contributed by atoms with E-state index < -0.39 is 0 Å². The molecule has 0 bridgehead atoms. The summed E-state index contributed by atoms with van der Waals surface area (Å²) in [4.78, 5) is 12.7. The summed E-state index contributed by atoms with van der Waals surface area (Å²) in [5.74, 6) is 0.268. The summed E-state index contributed by atoms with van der Waals surface area (Å²) in [5, 5.41) is 12.2. The molecule has 0 saturated heterocycles. The van der Waals surface area contributed by atoms with Crippen LogP contribution in [0.25, 0.3) is 0 Å². The zero-order chi connectivity index (χ0) is 15.1. The van der Waals surface area contributed by atoms with Gasteiger partial charge in [-0.2, -0.15) is 5.26 Å². The average molecular weight is 317 g/mol. The minimum atomic E-state index is -0.0516. The van der Waals surface area contributed by atoms with Gasteiger partial charge < -0.3 is 5.32 Å². The third kappa shape index (κ3) is 4.82. The van der Waals surface area contributed by atoms with E-state index in [1.165, 1.54) is 11.8 Å². The van der Waals surface area contributed by atoms with E-state index in [1.54, 1.807) is 18.2 Å². The topological polar surface area (TPSA) is 52.9 Å². The van der Waals surface area contributed by atoms with Crippen LogP contribution in [0.4, 0.5) is 0 Å². The Balaban J connectivity index is 1.79. The van der Waals surface area contributed by atoms with E-state index in [0.717, 1.165) is 10.5 Å². The third-order valence-corrected chi connectivity index (χ3v) is 4.28.